The van der Waals surface area contributed by atoms with Gasteiger partial charge in [-0.1, -0.05) is 25.1 Å². The fraction of sp³-hybridized carbons (Fsp3) is 0.538. The van der Waals surface area contributed by atoms with E-state index in [-0.39, 0.29) is 6.04 Å². The van der Waals surface area contributed by atoms with Gasteiger partial charge in [-0.3, -0.25) is 0 Å². The van der Waals surface area contributed by atoms with Crippen LogP contribution in [0.3, 0.4) is 0 Å². The Balaban J connectivity index is 2.41. The van der Waals surface area contributed by atoms with Crippen molar-refractivity contribution in [2.75, 3.05) is 6.54 Å². The number of benzene rings is 1. The van der Waals surface area contributed by atoms with Crippen molar-refractivity contribution < 1.29 is 8.42 Å². The minimum Gasteiger partial charge on any atom is -0.207 e. The molecule has 2 unspecified atom stereocenters. The van der Waals surface area contributed by atoms with Crippen molar-refractivity contribution in [3.05, 3.63) is 29.8 Å². The average molecular weight is 253 g/mol. The van der Waals surface area contributed by atoms with E-state index in [0.717, 1.165) is 12.0 Å². The van der Waals surface area contributed by atoms with Crippen LogP contribution < -0.4 is 0 Å². The fourth-order valence-electron chi connectivity index (χ4n) is 2.57. The topological polar surface area (TPSA) is 37.4 Å². The zero-order valence-corrected chi connectivity index (χ0v) is 11.4. The van der Waals surface area contributed by atoms with E-state index in [1.165, 1.54) is 0 Å². The Kier molecular flexibility index (Phi) is 3.27. The van der Waals surface area contributed by atoms with Gasteiger partial charge in [0.05, 0.1) is 4.90 Å². The summed E-state index contributed by atoms with van der Waals surface area (Å²) in [7, 11) is -3.32. The Hall–Kier alpha value is -0.870. The lowest BCUT2D eigenvalue weighted by Gasteiger charge is -2.21. The summed E-state index contributed by atoms with van der Waals surface area (Å²) in [5.41, 5.74) is 0.819. The molecule has 2 atom stereocenters. The number of aryl methyl sites for hydroxylation is 1. The molecule has 4 heteroatoms. The lowest BCUT2D eigenvalue weighted by molar-refractivity contribution is 0.405. The first kappa shape index (κ1) is 12.6. The van der Waals surface area contributed by atoms with E-state index in [1.807, 2.05) is 26.0 Å². The largest absolute Gasteiger partial charge is 0.243 e. The Labute approximate surface area is 104 Å². The summed E-state index contributed by atoms with van der Waals surface area (Å²) in [6, 6.07) is 7.29. The molecule has 1 fully saturated rings. The van der Waals surface area contributed by atoms with Crippen LogP contribution in [0.4, 0.5) is 0 Å². The Bertz CT molecular complexity index is 510. The van der Waals surface area contributed by atoms with Gasteiger partial charge in [-0.25, -0.2) is 8.42 Å². The molecule has 17 heavy (non-hydrogen) atoms. The molecule has 3 nitrogen and oxygen atoms in total. The van der Waals surface area contributed by atoms with E-state index in [2.05, 4.69) is 6.92 Å². The highest BCUT2D eigenvalue weighted by molar-refractivity contribution is 7.89. The minimum atomic E-state index is -3.32. The van der Waals surface area contributed by atoms with E-state index in [4.69, 9.17) is 0 Å². The molecule has 1 aliphatic rings. The molecule has 2 rings (SSSR count). The highest BCUT2D eigenvalue weighted by Crippen LogP contribution is 2.30. The van der Waals surface area contributed by atoms with Gasteiger partial charge in [0, 0.05) is 12.6 Å². The van der Waals surface area contributed by atoms with Gasteiger partial charge < -0.3 is 0 Å². The standard InChI is InChI=1S/C13H19NO2S/c1-10-8-12(3)14(9-10)17(15,16)13-7-5-4-6-11(13)2/h4-7,10,12H,8-9H2,1-3H3. The summed E-state index contributed by atoms with van der Waals surface area (Å²) in [5.74, 6) is 0.448. The Morgan fingerprint density at radius 2 is 1.88 bits per heavy atom. The SMILES string of the molecule is Cc1ccccc1S(=O)(=O)N1CC(C)CC1C. The van der Waals surface area contributed by atoms with Crippen LogP contribution in [0, 0.1) is 12.8 Å². The van der Waals surface area contributed by atoms with Crippen molar-refractivity contribution in [3.8, 4) is 0 Å². The molecular formula is C13H19NO2S. The van der Waals surface area contributed by atoms with Gasteiger partial charge in [-0.15, -0.1) is 0 Å². The van der Waals surface area contributed by atoms with Crippen LogP contribution in [0.15, 0.2) is 29.2 Å². The van der Waals surface area contributed by atoms with Crippen molar-refractivity contribution >= 4 is 10.0 Å². The van der Waals surface area contributed by atoms with E-state index in [1.54, 1.807) is 16.4 Å². The second kappa shape index (κ2) is 4.42. The molecule has 1 aromatic carbocycles. The van der Waals surface area contributed by atoms with Gasteiger partial charge >= 0.3 is 0 Å². The fourth-order valence-corrected chi connectivity index (χ4v) is 4.56. The summed E-state index contributed by atoms with van der Waals surface area (Å²) in [6.45, 7) is 6.57. The highest BCUT2D eigenvalue weighted by Gasteiger charge is 2.36. The number of hydrogen-bond donors (Lipinski definition) is 0. The van der Waals surface area contributed by atoms with Crippen LogP contribution in [-0.4, -0.2) is 25.3 Å². The average Bonchev–Trinajstić information content (AvgIpc) is 2.59. The maximum Gasteiger partial charge on any atom is 0.243 e. The molecule has 0 amide bonds. The van der Waals surface area contributed by atoms with Crippen LogP contribution in [0.1, 0.15) is 25.8 Å². The monoisotopic (exact) mass is 253 g/mol. The van der Waals surface area contributed by atoms with Crippen LogP contribution in [0.5, 0.6) is 0 Å². The first-order valence-electron chi connectivity index (χ1n) is 6.00. The normalized spacial score (nSPS) is 26.3. The molecule has 1 heterocycles. The van der Waals surface area contributed by atoms with Crippen molar-refractivity contribution in [1.29, 1.82) is 0 Å². The summed E-state index contributed by atoms with van der Waals surface area (Å²) >= 11 is 0. The maximum absolute atomic E-state index is 12.5. The number of sulfonamides is 1. The van der Waals surface area contributed by atoms with E-state index < -0.39 is 10.0 Å². The van der Waals surface area contributed by atoms with E-state index in [9.17, 15) is 8.42 Å². The van der Waals surface area contributed by atoms with E-state index >= 15 is 0 Å². The van der Waals surface area contributed by atoms with Crippen molar-refractivity contribution in [1.82, 2.24) is 4.31 Å². The highest BCUT2D eigenvalue weighted by atomic mass is 32.2. The number of nitrogens with zero attached hydrogens (tertiary/aromatic N) is 1. The third-order valence-corrected chi connectivity index (χ3v) is 5.55. The third kappa shape index (κ3) is 2.24. The van der Waals surface area contributed by atoms with Gasteiger partial charge in [-0.05, 0) is 37.8 Å². The van der Waals surface area contributed by atoms with Crippen LogP contribution in [0.25, 0.3) is 0 Å². The summed E-state index contributed by atoms with van der Waals surface area (Å²) in [5, 5.41) is 0. The molecule has 0 spiro atoms. The van der Waals surface area contributed by atoms with Gasteiger partial charge in [0.25, 0.3) is 0 Å². The molecule has 1 aromatic rings. The predicted octanol–water partition coefficient (Wildman–Crippen LogP) is 2.41. The first-order valence-corrected chi connectivity index (χ1v) is 7.44. The first-order chi connectivity index (χ1) is 7.93. The third-order valence-electron chi connectivity index (χ3n) is 3.41. The van der Waals surface area contributed by atoms with E-state index in [0.29, 0.717) is 17.4 Å². The molecule has 0 saturated carbocycles. The van der Waals surface area contributed by atoms with Crippen LogP contribution in [0.2, 0.25) is 0 Å². The predicted molar refractivity (Wildman–Crippen MR) is 68.3 cm³/mol. The van der Waals surface area contributed by atoms with Gasteiger partial charge in [0.2, 0.25) is 10.0 Å². The molecule has 0 aromatic heterocycles. The second-order valence-electron chi connectivity index (χ2n) is 5.03. The van der Waals surface area contributed by atoms with Crippen molar-refractivity contribution in [2.45, 2.75) is 38.1 Å². The molecule has 0 aliphatic carbocycles. The molecular weight excluding hydrogens is 234 g/mol. The summed E-state index contributed by atoms with van der Waals surface area (Å²) < 4.78 is 26.7. The molecule has 0 N–H and O–H groups in total. The lowest BCUT2D eigenvalue weighted by Crippen LogP contribution is -2.34. The zero-order chi connectivity index (χ0) is 12.6. The lowest BCUT2D eigenvalue weighted by atomic mass is 10.1. The molecule has 1 saturated heterocycles. The Morgan fingerprint density at radius 1 is 1.24 bits per heavy atom. The maximum atomic E-state index is 12.5. The van der Waals surface area contributed by atoms with Gasteiger partial charge in [0.15, 0.2) is 0 Å². The molecule has 0 radical (unpaired) electrons. The summed E-state index contributed by atoms with van der Waals surface area (Å²) in [4.78, 5) is 0.445. The van der Waals surface area contributed by atoms with Crippen LogP contribution >= 0.6 is 0 Å². The number of hydrogen-bond acceptors (Lipinski definition) is 2. The minimum absolute atomic E-state index is 0.106. The molecule has 1 aliphatic heterocycles. The summed E-state index contributed by atoms with van der Waals surface area (Å²) in [6.07, 6.45) is 0.950. The quantitative estimate of drug-likeness (QED) is 0.811. The Morgan fingerprint density at radius 3 is 2.41 bits per heavy atom. The van der Waals surface area contributed by atoms with Crippen molar-refractivity contribution in [2.24, 2.45) is 5.92 Å². The molecule has 0 bridgehead atoms. The van der Waals surface area contributed by atoms with Gasteiger partial charge in [-0.2, -0.15) is 4.31 Å². The van der Waals surface area contributed by atoms with Crippen molar-refractivity contribution in [3.63, 3.8) is 0 Å². The smallest absolute Gasteiger partial charge is 0.207 e. The van der Waals surface area contributed by atoms with Crippen LogP contribution in [-0.2, 0) is 10.0 Å². The molecule has 94 valence electrons. The zero-order valence-electron chi connectivity index (χ0n) is 10.6. The number of rotatable bonds is 2. The second-order valence-corrected chi connectivity index (χ2v) is 6.89. The van der Waals surface area contributed by atoms with Gasteiger partial charge in [0.1, 0.15) is 0 Å².